The molecule has 1 atom stereocenters. The lowest BCUT2D eigenvalue weighted by Crippen LogP contribution is -2.53. The van der Waals surface area contributed by atoms with Crippen LogP contribution in [0.3, 0.4) is 0 Å². The van der Waals surface area contributed by atoms with Crippen molar-refractivity contribution in [2.45, 2.75) is 24.8 Å². The summed E-state index contributed by atoms with van der Waals surface area (Å²) < 4.78 is 34.9. The van der Waals surface area contributed by atoms with E-state index in [1.54, 1.807) is 12.1 Å². The normalized spacial score (nSPS) is 16.9. The van der Waals surface area contributed by atoms with Gasteiger partial charge in [-0.25, -0.2) is 8.42 Å². The number of aliphatic imine (C=N–C) groups is 1. The zero-order chi connectivity index (χ0) is 25.7. The van der Waals surface area contributed by atoms with Crippen LogP contribution in [0.25, 0.3) is 0 Å². The van der Waals surface area contributed by atoms with Crippen LogP contribution >= 0.6 is 0 Å². The summed E-state index contributed by atoms with van der Waals surface area (Å²) in [5.41, 5.74) is 3.53. The first-order chi connectivity index (χ1) is 17.3. The Morgan fingerprint density at radius 1 is 1.06 bits per heavy atom. The van der Waals surface area contributed by atoms with Gasteiger partial charge in [0.25, 0.3) is 0 Å². The summed E-state index contributed by atoms with van der Waals surface area (Å²) in [4.78, 5) is 6.11. The van der Waals surface area contributed by atoms with Gasteiger partial charge in [-0.15, -0.1) is 4.99 Å². The Hall–Kier alpha value is -3.87. The number of aryl methyl sites for hydroxylation is 2. The minimum atomic E-state index is -3.90. The highest BCUT2D eigenvalue weighted by molar-refractivity contribution is 7.89. The summed E-state index contributed by atoms with van der Waals surface area (Å²) in [5.74, 6) is 0.695. The zero-order valence-electron chi connectivity index (χ0n) is 20.5. The average molecular weight is 504 g/mol. The number of hydrogen-bond acceptors (Lipinski definition) is 5. The molecule has 0 bridgehead atoms. The molecule has 36 heavy (non-hydrogen) atoms. The van der Waals surface area contributed by atoms with E-state index in [4.69, 9.17) is 4.74 Å². The molecule has 0 aromatic heterocycles. The number of hydrogen-bond donors (Lipinski definition) is 1. The molecule has 1 heterocycles. The first-order valence-corrected chi connectivity index (χ1v) is 13.0. The fraction of sp³-hybridized carbons (Fsp3) is 0.259. The summed E-state index contributed by atoms with van der Waals surface area (Å²) in [6.45, 7) is 4.71. The maximum atomic E-state index is 14.0. The molecule has 186 valence electrons. The van der Waals surface area contributed by atoms with Crippen molar-refractivity contribution in [1.82, 2.24) is 9.21 Å². The molecule has 1 unspecified atom stereocenters. The van der Waals surface area contributed by atoms with Gasteiger partial charge in [0.2, 0.25) is 22.2 Å². The minimum Gasteiger partial charge on any atom is -0.495 e. The Morgan fingerprint density at radius 3 is 2.47 bits per heavy atom. The number of anilines is 1. The molecular weight excluding hydrogens is 474 g/mol. The topological polar surface area (TPSA) is 98.0 Å². The summed E-state index contributed by atoms with van der Waals surface area (Å²) in [5, 5.41) is 12.7. The van der Waals surface area contributed by atoms with Crippen LogP contribution in [0.1, 0.15) is 22.7 Å². The zero-order valence-corrected chi connectivity index (χ0v) is 21.4. The van der Waals surface area contributed by atoms with Gasteiger partial charge in [0.15, 0.2) is 0 Å². The highest BCUT2D eigenvalue weighted by Crippen LogP contribution is 2.35. The van der Waals surface area contributed by atoms with Gasteiger partial charge >= 0.3 is 0 Å². The van der Waals surface area contributed by atoms with E-state index >= 15 is 0 Å². The number of ether oxygens (including phenoxy) is 1. The standard InChI is InChI=1S/C27H29N5O3S/c1-20-13-14-25(35-3)26(17-20)36(33,34)32-16-15-31(18-24(32)22-10-5-4-6-11-22)27(29-19-28)30-23-12-8-7-9-21(23)2/h4-14,17,24H,15-16,18H2,1-3H3,(H,29,30). The SMILES string of the molecule is COc1ccc(C)cc1S(=O)(=O)N1CCN(/C(=N\C#N)Nc2ccccc2C)CC1c1ccccc1. The number of para-hydroxylation sites is 1. The molecule has 0 saturated carbocycles. The molecule has 1 saturated heterocycles. The van der Waals surface area contributed by atoms with Crippen LogP contribution in [-0.2, 0) is 10.0 Å². The quantitative estimate of drug-likeness (QED) is 0.317. The third kappa shape index (κ3) is 5.20. The fourth-order valence-electron chi connectivity index (χ4n) is 4.36. The number of nitrogens with one attached hydrogen (secondary N) is 1. The molecule has 3 aromatic rings. The van der Waals surface area contributed by atoms with E-state index in [1.165, 1.54) is 11.4 Å². The maximum Gasteiger partial charge on any atom is 0.247 e. The third-order valence-corrected chi connectivity index (χ3v) is 8.20. The van der Waals surface area contributed by atoms with Gasteiger partial charge in [0, 0.05) is 25.3 Å². The van der Waals surface area contributed by atoms with Crippen LogP contribution in [0.15, 0.2) is 82.7 Å². The average Bonchev–Trinajstić information content (AvgIpc) is 2.89. The van der Waals surface area contributed by atoms with Gasteiger partial charge in [0.05, 0.1) is 13.2 Å². The number of nitrogens with zero attached hydrogens (tertiary/aromatic N) is 4. The fourth-order valence-corrected chi connectivity index (χ4v) is 6.20. The molecule has 3 aromatic carbocycles. The van der Waals surface area contributed by atoms with Crippen molar-refractivity contribution in [3.05, 3.63) is 89.5 Å². The lowest BCUT2D eigenvalue weighted by Gasteiger charge is -2.42. The number of rotatable bonds is 5. The van der Waals surface area contributed by atoms with Crippen molar-refractivity contribution in [3.63, 3.8) is 0 Å². The maximum absolute atomic E-state index is 14.0. The first kappa shape index (κ1) is 25.2. The number of sulfonamides is 1. The monoisotopic (exact) mass is 503 g/mol. The van der Waals surface area contributed by atoms with Crippen LogP contribution < -0.4 is 10.1 Å². The molecule has 9 heteroatoms. The predicted molar refractivity (Wildman–Crippen MR) is 140 cm³/mol. The van der Waals surface area contributed by atoms with E-state index in [0.29, 0.717) is 24.8 Å². The van der Waals surface area contributed by atoms with Crippen LogP contribution in [0.4, 0.5) is 5.69 Å². The van der Waals surface area contributed by atoms with Crippen molar-refractivity contribution in [2.75, 3.05) is 32.1 Å². The van der Waals surface area contributed by atoms with Crippen LogP contribution in [0.2, 0.25) is 0 Å². The Balaban J connectivity index is 1.72. The van der Waals surface area contributed by atoms with E-state index in [0.717, 1.165) is 22.4 Å². The smallest absolute Gasteiger partial charge is 0.247 e. The minimum absolute atomic E-state index is 0.142. The second-order valence-corrected chi connectivity index (χ2v) is 10.5. The molecule has 0 amide bonds. The van der Waals surface area contributed by atoms with E-state index in [9.17, 15) is 13.7 Å². The van der Waals surface area contributed by atoms with Gasteiger partial charge < -0.3 is 15.0 Å². The van der Waals surface area contributed by atoms with Gasteiger partial charge in [-0.2, -0.15) is 9.57 Å². The molecule has 0 radical (unpaired) electrons. The Bertz CT molecular complexity index is 1400. The van der Waals surface area contributed by atoms with Crippen LogP contribution in [0, 0.1) is 25.3 Å². The predicted octanol–water partition coefficient (Wildman–Crippen LogP) is 4.31. The number of piperazine rings is 1. The third-order valence-electron chi connectivity index (χ3n) is 6.27. The summed E-state index contributed by atoms with van der Waals surface area (Å²) in [7, 11) is -2.42. The molecule has 1 fully saturated rings. The van der Waals surface area contributed by atoms with Crippen LogP contribution in [-0.4, -0.2) is 50.3 Å². The van der Waals surface area contributed by atoms with E-state index in [1.807, 2.05) is 85.6 Å². The largest absolute Gasteiger partial charge is 0.495 e. The molecular formula is C27H29N5O3S. The van der Waals surface area contributed by atoms with Crippen molar-refractivity contribution in [1.29, 1.82) is 5.26 Å². The highest BCUT2D eigenvalue weighted by Gasteiger charge is 2.39. The van der Waals surface area contributed by atoms with E-state index in [2.05, 4.69) is 10.3 Å². The Morgan fingerprint density at radius 2 is 1.78 bits per heavy atom. The number of guanidine groups is 1. The lowest BCUT2D eigenvalue weighted by atomic mass is 10.0. The Labute approximate surface area is 212 Å². The lowest BCUT2D eigenvalue weighted by molar-refractivity contribution is 0.194. The second-order valence-electron chi connectivity index (χ2n) is 8.62. The molecule has 4 rings (SSSR count). The Kier molecular flexibility index (Phi) is 7.58. The molecule has 8 nitrogen and oxygen atoms in total. The molecule has 1 aliphatic heterocycles. The van der Waals surface area contributed by atoms with Crippen molar-refractivity contribution >= 4 is 21.7 Å². The molecule has 1 N–H and O–H groups in total. The van der Waals surface area contributed by atoms with E-state index < -0.39 is 16.1 Å². The van der Waals surface area contributed by atoms with Crippen molar-refractivity contribution in [3.8, 4) is 11.9 Å². The van der Waals surface area contributed by atoms with Gasteiger partial charge in [-0.1, -0.05) is 54.6 Å². The summed E-state index contributed by atoms with van der Waals surface area (Å²) in [6, 6.07) is 21.9. The molecule has 1 aliphatic rings. The highest BCUT2D eigenvalue weighted by atomic mass is 32.2. The van der Waals surface area contributed by atoms with Crippen molar-refractivity contribution in [2.24, 2.45) is 4.99 Å². The molecule has 0 aliphatic carbocycles. The number of nitriles is 1. The first-order valence-electron chi connectivity index (χ1n) is 11.6. The van der Waals surface area contributed by atoms with E-state index in [-0.39, 0.29) is 11.4 Å². The van der Waals surface area contributed by atoms with Gasteiger partial charge in [-0.05, 0) is 48.7 Å². The van der Waals surface area contributed by atoms with Crippen LogP contribution in [0.5, 0.6) is 5.75 Å². The summed E-state index contributed by atoms with van der Waals surface area (Å²) >= 11 is 0. The van der Waals surface area contributed by atoms with Gasteiger partial charge in [-0.3, -0.25) is 0 Å². The van der Waals surface area contributed by atoms with Gasteiger partial charge in [0.1, 0.15) is 10.6 Å². The summed E-state index contributed by atoms with van der Waals surface area (Å²) in [6.07, 6.45) is 1.88. The molecule has 0 spiro atoms. The number of methoxy groups -OCH3 is 1. The van der Waals surface area contributed by atoms with Crippen molar-refractivity contribution < 1.29 is 13.2 Å². The number of benzene rings is 3. The second kappa shape index (κ2) is 10.8.